The number of hydrogen-bond donors (Lipinski definition) is 1. The molecular weight excluding hydrogens is 332 g/mol. The van der Waals surface area contributed by atoms with Gasteiger partial charge in [0.25, 0.3) is 5.56 Å². The van der Waals surface area contributed by atoms with Crippen LogP contribution in [0.1, 0.15) is 10.4 Å². The summed E-state index contributed by atoms with van der Waals surface area (Å²) in [6, 6.07) is 11.3. The maximum atomic E-state index is 11.9. The topological polar surface area (TPSA) is 72.0 Å². The van der Waals surface area contributed by atoms with Crippen LogP contribution in [0.2, 0.25) is 0 Å². The highest BCUT2D eigenvalue weighted by Crippen LogP contribution is 2.22. The minimum absolute atomic E-state index is 0.103. The number of thiophene rings is 1. The Morgan fingerprint density at radius 3 is 2.91 bits per heavy atom. The highest BCUT2D eigenvalue weighted by molar-refractivity contribution is 7.99. The number of benzene rings is 1. The maximum Gasteiger partial charge on any atom is 0.316 e. The zero-order valence-electron chi connectivity index (χ0n) is 12.4. The van der Waals surface area contributed by atoms with Crippen molar-refractivity contribution in [2.24, 2.45) is 0 Å². The Kier molecular flexibility index (Phi) is 4.78. The van der Waals surface area contributed by atoms with Crippen molar-refractivity contribution in [2.75, 3.05) is 5.75 Å². The lowest BCUT2D eigenvalue weighted by atomic mass is 10.2. The molecule has 0 bridgehead atoms. The monoisotopic (exact) mass is 346 g/mol. The number of carbonyl (C=O) groups excluding carboxylic acids is 1. The highest BCUT2D eigenvalue weighted by Gasteiger charge is 2.10. The molecule has 0 radical (unpaired) electrons. The minimum atomic E-state index is -0.344. The summed E-state index contributed by atoms with van der Waals surface area (Å²) in [6.45, 7) is 2.17. The average molecular weight is 346 g/mol. The molecule has 23 heavy (non-hydrogen) atoms. The summed E-state index contributed by atoms with van der Waals surface area (Å²) >= 11 is 2.63. The van der Waals surface area contributed by atoms with Crippen LogP contribution in [0.25, 0.3) is 10.2 Å². The zero-order chi connectivity index (χ0) is 16.2. The van der Waals surface area contributed by atoms with Crippen molar-refractivity contribution in [1.82, 2.24) is 9.97 Å². The van der Waals surface area contributed by atoms with Gasteiger partial charge in [-0.1, -0.05) is 42.1 Å². The number of aryl methyl sites for hydroxylation is 1. The van der Waals surface area contributed by atoms with E-state index in [0.717, 1.165) is 10.4 Å². The predicted octanol–water partition coefficient (Wildman–Crippen LogP) is 3.13. The zero-order valence-corrected chi connectivity index (χ0v) is 14.0. The van der Waals surface area contributed by atoms with Crippen LogP contribution < -0.4 is 5.56 Å². The summed E-state index contributed by atoms with van der Waals surface area (Å²) in [5.74, 6) is -0.241. The van der Waals surface area contributed by atoms with E-state index in [2.05, 4.69) is 9.97 Å². The third kappa shape index (κ3) is 4.00. The second-order valence-corrected chi connectivity index (χ2v) is 7.08. The SMILES string of the molecule is Cc1cc2c(=O)[nH]c(SCC(=O)OCc3ccccc3)nc2s1. The van der Waals surface area contributed by atoms with E-state index < -0.39 is 0 Å². The van der Waals surface area contributed by atoms with E-state index in [1.807, 2.05) is 43.3 Å². The Labute approximate surface area is 140 Å². The van der Waals surface area contributed by atoms with E-state index in [1.54, 1.807) is 0 Å². The number of carbonyl (C=O) groups is 1. The first-order valence-electron chi connectivity index (χ1n) is 6.94. The molecule has 2 aromatic heterocycles. The number of fused-ring (bicyclic) bond motifs is 1. The number of aromatic nitrogens is 2. The molecule has 0 fully saturated rings. The Balaban J connectivity index is 1.59. The van der Waals surface area contributed by atoms with Crippen LogP contribution in [-0.2, 0) is 16.1 Å². The molecule has 0 spiro atoms. The molecule has 0 aliphatic heterocycles. The largest absolute Gasteiger partial charge is 0.460 e. The number of hydrogen-bond acceptors (Lipinski definition) is 6. The van der Waals surface area contributed by atoms with Crippen LogP contribution in [0.15, 0.2) is 46.3 Å². The molecule has 0 aliphatic carbocycles. The Bertz CT molecular complexity index is 887. The van der Waals surface area contributed by atoms with Gasteiger partial charge in [0.1, 0.15) is 11.4 Å². The van der Waals surface area contributed by atoms with Gasteiger partial charge in [0.05, 0.1) is 11.1 Å². The minimum Gasteiger partial charge on any atom is -0.460 e. The van der Waals surface area contributed by atoms with E-state index in [1.165, 1.54) is 23.1 Å². The number of aromatic amines is 1. The fourth-order valence-corrected chi connectivity index (χ4v) is 3.60. The molecule has 3 rings (SSSR count). The first-order chi connectivity index (χ1) is 11.1. The van der Waals surface area contributed by atoms with Crippen molar-refractivity contribution >= 4 is 39.3 Å². The van der Waals surface area contributed by atoms with E-state index in [0.29, 0.717) is 15.4 Å². The van der Waals surface area contributed by atoms with Gasteiger partial charge in [-0.3, -0.25) is 9.59 Å². The number of thioether (sulfide) groups is 1. The summed E-state index contributed by atoms with van der Waals surface area (Å²) < 4.78 is 5.19. The normalized spacial score (nSPS) is 10.8. The first-order valence-corrected chi connectivity index (χ1v) is 8.75. The number of ether oxygens (including phenoxy) is 1. The van der Waals surface area contributed by atoms with Crippen molar-refractivity contribution in [2.45, 2.75) is 18.7 Å². The third-order valence-electron chi connectivity index (χ3n) is 3.07. The van der Waals surface area contributed by atoms with Gasteiger partial charge >= 0.3 is 5.97 Å². The molecule has 0 atom stereocenters. The van der Waals surface area contributed by atoms with Crippen LogP contribution in [0.4, 0.5) is 0 Å². The van der Waals surface area contributed by atoms with Crippen molar-refractivity contribution in [3.05, 3.63) is 57.2 Å². The molecule has 1 N–H and O–H groups in total. The lowest BCUT2D eigenvalue weighted by molar-refractivity contribution is -0.141. The number of nitrogens with one attached hydrogen (secondary N) is 1. The smallest absolute Gasteiger partial charge is 0.316 e. The summed E-state index contributed by atoms with van der Waals surface area (Å²) in [7, 11) is 0. The second-order valence-electron chi connectivity index (χ2n) is 4.88. The Hall–Kier alpha value is -2.12. The molecule has 0 unspecified atom stereocenters. The van der Waals surface area contributed by atoms with Crippen molar-refractivity contribution in [3.63, 3.8) is 0 Å². The maximum absolute atomic E-state index is 11.9. The molecule has 0 saturated carbocycles. The van der Waals surface area contributed by atoms with E-state index in [4.69, 9.17) is 4.74 Å². The van der Waals surface area contributed by atoms with Crippen molar-refractivity contribution < 1.29 is 9.53 Å². The lowest BCUT2D eigenvalue weighted by Gasteiger charge is -2.04. The molecule has 0 saturated heterocycles. The molecule has 0 aliphatic rings. The fourth-order valence-electron chi connectivity index (χ4n) is 2.01. The first kappa shape index (κ1) is 15.8. The molecule has 7 heteroatoms. The standard InChI is InChI=1S/C16H14N2O3S2/c1-10-7-12-14(20)17-16(18-15(12)23-10)22-9-13(19)21-8-11-5-3-2-4-6-11/h2-7H,8-9H2,1H3,(H,17,18,20). The second kappa shape index (κ2) is 6.97. The van der Waals surface area contributed by atoms with E-state index >= 15 is 0 Å². The van der Waals surface area contributed by atoms with Gasteiger partial charge in [-0.15, -0.1) is 11.3 Å². The van der Waals surface area contributed by atoms with Gasteiger partial charge in [-0.2, -0.15) is 0 Å². The summed E-state index contributed by atoms with van der Waals surface area (Å²) in [5, 5.41) is 1.02. The molecule has 3 aromatic rings. The Morgan fingerprint density at radius 2 is 2.13 bits per heavy atom. The molecule has 2 heterocycles. The van der Waals surface area contributed by atoms with Gasteiger partial charge in [0.2, 0.25) is 0 Å². The van der Waals surface area contributed by atoms with E-state index in [-0.39, 0.29) is 23.9 Å². The molecule has 118 valence electrons. The van der Waals surface area contributed by atoms with Crippen molar-refractivity contribution in [1.29, 1.82) is 0 Å². The van der Waals surface area contributed by atoms with E-state index in [9.17, 15) is 9.59 Å². The van der Waals surface area contributed by atoms with Crippen LogP contribution in [0, 0.1) is 6.92 Å². The summed E-state index contributed by atoms with van der Waals surface area (Å²) in [6.07, 6.45) is 0. The molecule has 0 amide bonds. The van der Waals surface area contributed by atoms with Crippen LogP contribution in [0.5, 0.6) is 0 Å². The lowest BCUT2D eigenvalue weighted by Crippen LogP contribution is -2.11. The summed E-state index contributed by atoms with van der Waals surface area (Å²) in [4.78, 5) is 32.5. The average Bonchev–Trinajstić information content (AvgIpc) is 2.93. The van der Waals surface area contributed by atoms with Gasteiger partial charge in [-0.05, 0) is 18.6 Å². The highest BCUT2D eigenvalue weighted by atomic mass is 32.2. The number of nitrogens with zero attached hydrogens (tertiary/aromatic N) is 1. The predicted molar refractivity (Wildman–Crippen MR) is 91.9 cm³/mol. The van der Waals surface area contributed by atoms with Crippen LogP contribution in [-0.4, -0.2) is 21.7 Å². The van der Waals surface area contributed by atoms with Gasteiger partial charge < -0.3 is 9.72 Å². The summed E-state index contributed by atoms with van der Waals surface area (Å²) in [5.41, 5.74) is 0.757. The number of rotatable bonds is 5. The third-order valence-corrected chi connectivity index (χ3v) is 4.86. The number of H-pyrrole nitrogens is 1. The van der Waals surface area contributed by atoms with Gasteiger partial charge in [-0.25, -0.2) is 4.98 Å². The van der Waals surface area contributed by atoms with Crippen LogP contribution in [0.3, 0.4) is 0 Å². The number of esters is 1. The molecular formula is C16H14N2O3S2. The Morgan fingerprint density at radius 1 is 1.35 bits per heavy atom. The molecule has 1 aromatic carbocycles. The fraction of sp³-hybridized carbons (Fsp3) is 0.188. The van der Waals surface area contributed by atoms with Crippen molar-refractivity contribution in [3.8, 4) is 0 Å². The van der Waals surface area contributed by atoms with Gasteiger partial charge in [0.15, 0.2) is 5.16 Å². The van der Waals surface area contributed by atoms with Gasteiger partial charge in [0, 0.05) is 4.88 Å². The quantitative estimate of drug-likeness (QED) is 0.436. The molecule has 5 nitrogen and oxygen atoms in total. The van der Waals surface area contributed by atoms with Crippen LogP contribution >= 0.6 is 23.1 Å².